The van der Waals surface area contributed by atoms with Gasteiger partial charge in [0.2, 0.25) is 15.7 Å². The van der Waals surface area contributed by atoms with E-state index in [-0.39, 0.29) is 47.7 Å². The maximum absolute atomic E-state index is 13.5. The third-order valence-electron chi connectivity index (χ3n) is 5.26. The van der Waals surface area contributed by atoms with Gasteiger partial charge in [0.25, 0.3) is 0 Å². The van der Waals surface area contributed by atoms with Crippen LogP contribution >= 0.6 is 11.8 Å². The number of aromatic nitrogens is 3. The second-order valence-electron chi connectivity index (χ2n) is 7.65. The molecule has 0 amide bonds. The Bertz CT molecular complexity index is 1200. The van der Waals surface area contributed by atoms with E-state index in [9.17, 15) is 13.5 Å². The molecule has 35 heavy (non-hydrogen) atoms. The van der Waals surface area contributed by atoms with Gasteiger partial charge in [0, 0.05) is 32.2 Å². The maximum atomic E-state index is 13.5. The summed E-state index contributed by atoms with van der Waals surface area (Å²) in [4.78, 5) is 9.12. The van der Waals surface area contributed by atoms with Crippen molar-refractivity contribution in [2.75, 3.05) is 70.8 Å². The van der Waals surface area contributed by atoms with Crippen LogP contribution in [0.1, 0.15) is 0 Å². The monoisotopic (exact) mass is 525 g/mol. The molecule has 1 aliphatic rings. The van der Waals surface area contributed by atoms with Gasteiger partial charge in [-0.3, -0.25) is 0 Å². The first-order valence-electron chi connectivity index (χ1n) is 11.0. The van der Waals surface area contributed by atoms with Gasteiger partial charge in [0.1, 0.15) is 17.5 Å². The summed E-state index contributed by atoms with van der Waals surface area (Å²) in [6.07, 6.45) is 1.80. The fourth-order valence-corrected chi connectivity index (χ4v) is 5.93. The summed E-state index contributed by atoms with van der Waals surface area (Å²) >= 11 is 1.26. The van der Waals surface area contributed by atoms with Crippen LogP contribution in [-0.2, 0) is 9.84 Å². The highest BCUT2D eigenvalue weighted by Crippen LogP contribution is 2.35. The Morgan fingerprint density at radius 3 is 2.26 bits per heavy atom. The summed E-state index contributed by atoms with van der Waals surface area (Å²) in [6.45, 7) is 2.94. The molecule has 11 nitrogen and oxygen atoms in total. The van der Waals surface area contributed by atoms with E-state index >= 15 is 0 Å². The van der Waals surface area contributed by atoms with Crippen molar-refractivity contribution in [3.05, 3.63) is 36.4 Å². The van der Waals surface area contributed by atoms with Gasteiger partial charge in [0.05, 0.1) is 24.7 Å². The summed E-state index contributed by atoms with van der Waals surface area (Å²) in [6, 6.07) is 10.0. The highest BCUT2D eigenvalue weighted by atomic mass is 32.2. The first-order valence-corrected chi connectivity index (χ1v) is 13.7. The molecule has 192 valence electrons. The van der Waals surface area contributed by atoms with Crippen LogP contribution in [-0.4, -0.2) is 109 Å². The predicted molar refractivity (Wildman–Crippen MR) is 133 cm³/mol. The van der Waals surface area contributed by atoms with E-state index in [0.29, 0.717) is 5.03 Å². The Balaban J connectivity index is 0.000000795. The minimum absolute atomic E-state index is 0.0651. The SMILES string of the molecule is CSc1nn2c(N3CCN(C)CC3)cc(OCCO)nc2c1S(=O)(=O)c1ccccc1.OCCO. The van der Waals surface area contributed by atoms with Crippen molar-refractivity contribution in [3.8, 4) is 5.88 Å². The van der Waals surface area contributed by atoms with Crippen LogP contribution in [0.2, 0.25) is 0 Å². The van der Waals surface area contributed by atoms with Crippen LogP contribution < -0.4 is 9.64 Å². The fraction of sp³-hybridized carbons (Fsp3) is 0.455. The highest BCUT2D eigenvalue weighted by Gasteiger charge is 2.31. The number of piperazine rings is 1. The summed E-state index contributed by atoms with van der Waals surface area (Å²) in [7, 11) is -1.79. The number of ether oxygens (including phenoxy) is 1. The predicted octanol–water partition coefficient (Wildman–Crippen LogP) is 0.378. The summed E-state index contributed by atoms with van der Waals surface area (Å²) in [5.74, 6) is 0.975. The molecule has 0 saturated carbocycles. The number of sulfone groups is 1. The van der Waals surface area contributed by atoms with Crippen molar-refractivity contribution in [1.29, 1.82) is 0 Å². The first kappa shape index (κ1) is 27.2. The van der Waals surface area contributed by atoms with E-state index in [1.54, 1.807) is 47.2 Å². The van der Waals surface area contributed by atoms with Gasteiger partial charge in [-0.1, -0.05) is 18.2 Å². The molecule has 3 aromatic rings. The molecule has 4 rings (SSSR count). The molecule has 1 saturated heterocycles. The van der Waals surface area contributed by atoms with E-state index in [1.165, 1.54) is 11.8 Å². The summed E-state index contributed by atoms with van der Waals surface area (Å²) in [5.41, 5.74) is 0.220. The van der Waals surface area contributed by atoms with Crippen LogP contribution in [0.5, 0.6) is 5.88 Å². The molecule has 0 unspecified atom stereocenters. The van der Waals surface area contributed by atoms with Gasteiger partial charge in [0.15, 0.2) is 10.5 Å². The smallest absolute Gasteiger partial charge is 0.219 e. The second-order valence-corrected chi connectivity index (χ2v) is 10.3. The largest absolute Gasteiger partial charge is 0.475 e. The normalized spacial score (nSPS) is 14.6. The van der Waals surface area contributed by atoms with Crippen molar-refractivity contribution in [3.63, 3.8) is 0 Å². The van der Waals surface area contributed by atoms with Crippen LogP contribution in [0.25, 0.3) is 5.65 Å². The average molecular weight is 526 g/mol. The highest BCUT2D eigenvalue weighted by molar-refractivity contribution is 7.99. The minimum Gasteiger partial charge on any atom is -0.475 e. The van der Waals surface area contributed by atoms with E-state index in [1.807, 2.05) is 0 Å². The lowest BCUT2D eigenvalue weighted by Crippen LogP contribution is -2.45. The van der Waals surface area contributed by atoms with Crippen molar-refractivity contribution in [2.45, 2.75) is 14.8 Å². The van der Waals surface area contributed by atoms with Crippen LogP contribution in [0.15, 0.2) is 51.2 Å². The molecular weight excluding hydrogens is 494 g/mol. The van der Waals surface area contributed by atoms with E-state index in [2.05, 4.69) is 26.9 Å². The third kappa shape index (κ3) is 6.23. The number of hydrogen-bond acceptors (Lipinski definition) is 11. The molecule has 0 bridgehead atoms. The number of fused-ring (bicyclic) bond motifs is 1. The van der Waals surface area contributed by atoms with Crippen molar-refractivity contribution < 1.29 is 28.5 Å². The third-order valence-corrected chi connectivity index (χ3v) is 7.87. The number of hydrogen-bond donors (Lipinski definition) is 3. The molecule has 3 N–H and O–H groups in total. The average Bonchev–Trinajstić information content (AvgIpc) is 3.27. The van der Waals surface area contributed by atoms with E-state index in [4.69, 9.17) is 14.9 Å². The van der Waals surface area contributed by atoms with Gasteiger partial charge in [-0.15, -0.1) is 11.8 Å². The van der Waals surface area contributed by atoms with Gasteiger partial charge in [-0.2, -0.15) is 14.6 Å². The lowest BCUT2D eigenvalue weighted by molar-refractivity contribution is 0.186. The molecule has 0 atom stereocenters. The molecule has 2 aromatic heterocycles. The number of aliphatic hydroxyl groups is 3. The second kappa shape index (κ2) is 12.5. The number of benzene rings is 1. The lowest BCUT2D eigenvalue weighted by Gasteiger charge is -2.33. The molecule has 1 aromatic carbocycles. The first-order chi connectivity index (χ1) is 16.9. The molecule has 0 spiro atoms. The van der Waals surface area contributed by atoms with Crippen LogP contribution in [0.4, 0.5) is 5.82 Å². The lowest BCUT2D eigenvalue weighted by atomic mass is 10.3. The van der Waals surface area contributed by atoms with Gasteiger partial charge < -0.3 is 29.9 Å². The topological polar surface area (TPSA) is 141 Å². The van der Waals surface area contributed by atoms with Gasteiger partial charge >= 0.3 is 0 Å². The van der Waals surface area contributed by atoms with Crippen LogP contribution in [0.3, 0.4) is 0 Å². The van der Waals surface area contributed by atoms with Gasteiger partial charge in [-0.25, -0.2) is 8.42 Å². The van der Waals surface area contributed by atoms with Crippen LogP contribution in [0, 0.1) is 0 Å². The Labute approximate surface area is 208 Å². The number of anilines is 1. The molecule has 0 aliphatic carbocycles. The van der Waals surface area contributed by atoms with Crippen molar-refractivity contribution in [2.24, 2.45) is 0 Å². The minimum atomic E-state index is -3.86. The molecule has 3 heterocycles. The number of nitrogens with zero attached hydrogens (tertiary/aromatic N) is 5. The number of thioether (sulfide) groups is 1. The maximum Gasteiger partial charge on any atom is 0.219 e. The molecule has 13 heteroatoms. The summed E-state index contributed by atoms with van der Waals surface area (Å²) in [5, 5.41) is 29.4. The fourth-order valence-electron chi connectivity index (χ4n) is 3.51. The molecule has 1 aliphatic heterocycles. The zero-order valence-corrected chi connectivity index (χ0v) is 21.4. The Hall–Kier alpha value is -2.42. The van der Waals surface area contributed by atoms with E-state index < -0.39 is 9.84 Å². The molecular formula is C22H31N5O6S2. The summed E-state index contributed by atoms with van der Waals surface area (Å²) < 4.78 is 34.3. The van der Waals surface area contributed by atoms with Gasteiger partial charge in [-0.05, 0) is 25.4 Å². The number of likely N-dealkylation sites (N-methyl/N-ethyl adjacent to an activating group) is 1. The Morgan fingerprint density at radius 2 is 1.69 bits per heavy atom. The Morgan fingerprint density at radius 1 is 1.03 bits per heavy atom. The Kier molecular flexibility index (Phi) is 9.71. The number of aliphatic hydroxyl groups excluding tert-OH is 3. The molecule has 1 fully saturated rings. The standard InChI is InChI=1S/C20H25N5O4S2.C2H6O2/c1-23-8-10-24(11-9-23)17-14-16(29-13-12-26)21-19-18(20(30-2)22-25(17)19)31(27,28)15-6-4-3-5-7-15;3-1-2-4/h3-7,14,26H,8-13H2,1-2H3;3-4H,1-2H2. The van der Waals surface area contributed by atoms with Crippen molar-refractivity contribution >= 4 is 33.1 Å². The number of rotatable bonds is 8. The zero-order valence-electron chi connectivity index (χ0n) is 19.7. The molecule has 0 radical (unpaired) electrons. The van der Waals surface area contributed by atoms with Crippen molar-refractivity contribution in [1.82, 2.24) is 19.5 Å². The quantitative estimate of drug-likeness (QED) is 0.352. The van der Waals surface area contributed by atoms with E-state index in [0.717, 1.165) is 32.0 Å². The zero-order chi connectivity index (χ0) is 25.4.